The monoisotopic (exact) mass is 307 g/mol. The van der Waals surface area contributed by atoms with Gasteiger partial charge in [0, 0.05) is 18.4 Å². The summed E-state index contributed by atoms with van der Waals surface area (Å²) in [6.07, 6.45) is 0. The molecule has 0 bridgehead atoms. The van der Waals surface area contributed by atoms with Crippen LogP contribution < -0.4 is 0 Å². The number of alkyl halides is 1. The van der Waals surface area contributed by atoms with Gasteiger partial charge in [-0.3, -0.25) is 4.79 Å². The smallest absolute Gasteiger partial charge is 0.258 e. The van der Waals surface area contributed by atoms with Gasteiger partial charge in [-0.2, -0.15) is 0 Å². The third kappa shape index (κ3) is 2.74. The van der Waals surface area contributed by atoms with E-state index in [1.54, 1.807) is 7.05 Å². The molecule has 0 radical (unpaired) electrons. The fourth-order valence-electron chi connectivity index (χ4n) is 1.18. The van der Waals surface area contributed by atoms with Crippen LogP contribution in [0.5, 0.6) is 0 Å². The molecule has 0 saturated carbocycles. The SMILES string of the molecule is CC(CBr)N(C)C(=O)c1c(F)cccc1Cl. The molecule has 0 heterocycles. The molecule has 0 aromatic heterocycles. The Kier molecular flexibility index (Phi) is 4.74. The summed E-state index contributed by atoms with van der Waals surface area (Å²) in [4.78, 5) is 13.4. The van der Waals surface area contributed by atoms with Crippen LogP contribution in [0.25, 0.3) is 0 Å². The molecule has 88 valence electrons. The molecule has 0 aliphatic heterocycles. The molecule has 0 aliphatic carbocycles. The molecular formula is C11H12BrClFNO. The van der Waals surface area contributed by atoms with Gasteiger partial charge in [0.1, 0.15) is 5.82 Å². The minimum Gasteiger partial charge on any atom is -0.338 e. The van der Waals surface area contributed by atoms with Gasteiger partial charge in [-0.15, -0.1) is 0 Å². The first-order valence-corrected chi connectivity index (χ1v) is 6.26. The molecule has 5 heteroatoms. The minimum absolute atomic E-state index is 0.0248. The van der Waals surface area contributed by atoms with E-state index in [1.165, 1.54) is 23.1 Å². The average Bonchev–Trinajstić information content (AvgIpc) is 2.26. The topological polar surface area (TPSA) is 20.3 Å². The van der Waals surface area contributed by atoms with E-state index in [0.717, 1.165) is 0 Å². The van der Waals surface area contributed by atoms with E-state index >= 15 is 0 Å². The lowest BCUT2D eigenvalue weighted by atomic mass is 10.1. The van der Waals surface area contributed by atoms with Crippen molar-refractivity contribution in [1.29, 1.82) is 0 Å². The summed E-state index contributed by atoms with van der Waals surface area (Å²) in [5, 5.41) is 0.764. The molecule has 1 aromatic rings. The standard InChI is InChI=1S/C11H12BrClFNO/c1-7(6-12)15(2)11(16)10-8(13)4-3-5-9(10)14/h3-5,7H,6H2,1-2H3. The Hall–Kier alpha value is -0.610. The first-order valence-electron chi connectivity index (χ1n) is 4.76. The molecule has 0 N–H and O–H groups in total. The van der Waals surface area contributed by atoms with E-state index in [0.29, 0.717) is 5.33 Å². The zero-order chi connectivity index (χ0) is 12.3. The third-order valence-electron chi connectivity index (χ3n) is 2.38. The van der Waals surface area contributed by atoms with Gasteiger partial charge in [-0.1, -0.05) is 33.6 Å². The number of nitrogens with zero attached hydrogens (tertiary/aromatic N) is 1. The van der Waals surface area contributed by atoms with Crippen LogP contribution in [0.4, 0.5) is 4.39 Å². The van der Waals surface area contributed by atoms with Crippen molar-refractivity contribution in [2.24, 2.45) is 0 Å². The highest BCUT2D eigenvalue weighted by Crippen LogP contribution is 2.21. The molecule has 2 nitrogen and oxygen atoms in total. The number of halogens is 3. The van der Waals surface area contributed by atoms with Crippen molar-refractivity contribution >= 4 is 33.4 Å². The molecule has 1 atom stereocenters. The number of benzene rings is 1. The first-order chi connectivity index (χ1) is 7.49. The Morgan fingerprint density at radius 1 is 1.62 bits per heavy atom. The molecule has 1 aromatic carbocycles. The highest BCUT2D eigenvalue weighted by molar-refractivity contribution is 9.09. The molecule has 1 rings (SSSR count). The summed E-state index contributed by atoms with van der Waals surface area (Å²) in [5.41, 5.74) is -0.0699. The van der Waals surface area contributed by atoms with Crippen LogP contribution in [0.1, 0.15) is 17.3 Å². The lowest BCUT2D eigenvalue weighted by molar-refractivity contribution is 0.0753. The molecular weight excluding hydrogens is 296 g/mol. The molecule has 0 aliphatic rings. The summed E-state index contributed by atoms with van der Waals surface area (Å²) < 4.78 is 13.5. The fourth-order valence-corrected chi connectivity index (χ4v) is 1.86. The highest BCUT2D eigenvalue weighted by atomic mass is 79.9. The molecule has 1 amide bonds. The maximum absolute atomic E-state index is 13.5. The number of hydrogen-bond donors (Lipinski definition) is 0. The van der Waals surface area contributed by atoms with Crippen LogP contribution in [-0.4, -0.2) is 29.2 Å². The van der Waals surface area contributed by atoms with Gasteiger partial charge in [0.25, 0.3) is 5.91 Å². The lowest BCUT2D eigenvalue weighted by Gasteiger charge is -2.23. The molecule has 0 fully saturated rings. The highest BCUT2D eigenvalue weighted by Gasteiger charge is 2.22. The van der Waals surface area contributed by atoms with Crippen LogP contribution in [0.3, 0.4) is 0 Å². The number of hydrogen-bond acceptors (Lipinski definition) is 1. The average molecular weight is 309 g/mol. The van der Waals surface area contributed by atoms with Gasteiger partial charge in [-0.25, -0.2) is 4.39 Å². The Morgan fingerprint density at radius 3 is 2.75 bits per heavy atom. The van der Waals surface area contributed by atoms with E-state index in [-0.39, 0.29) is 16.6 Å². The summed E-state index contributed by atoms with van der Waals surface area (Å²) in [7, 11) is 1.62. The first kappa shape index (κ1) is 13.5. The number of amides is 1. The lowest BCUT2D eigenvalue weighted by Crippen LogP contribution is -2.36. The maximum atomic E-state index is 13.5. The summed E-state index contributed by atoms with van der Waals surface area (Å²) >= 11 is 9.09. The second kappa shape index (κ2) is 5.64. The Labute approximate surface area is 108 Å². The summed E-state index contributed by atoms with van der Waals surface area (Å²) in [6.45, 7) is 1.86. The molecule has 16 heavy (non-hydrogen) atoms. The summed E-state index contributed by atoms with van der Waals surface area (Å²) in [6, 6.07) is 4.18. The van der Waals surface area contributed by atoms with Crippen molar-refractivity contribution in [3.63, 3.8) is 0 Å². The second-order valence-electron chi connectivity index (χ2n) is 3.52. The predicted octanol–water partition coefficient (Wildman–Crippen LogP) is 3.33. The quantitative estimate of drug-likeness (QED) is 0.784. The van der Waals surface area contributed by atoms with E-state index in [1.807, 2.05) is 6.92 Å². The minimum atomic E-state index is -0.592. The van der Waals surface area contributed by atoms with Crippen LogP contribution >= 0.6 is 27.5 Å². The van der Waals surface area contributed by atoms with E-state index in [2.05, 4.69) is 15.9 Å². The van der Waals surface area contributed by atoms with E-state index in [4.69, 9.17) is 11.6 Å². The maximum Gasteiger partial charge on any atom is 0.258 e. The molecule has 1 unspecified atom stereocenters. The van der Waals surface area contributed by atoms with E-state index < -0.39 is 11.7 Å². The van der Waals surface area contributed by atoms with Crippen LogP contribution in [-0.2, 0) is 0 Å². The zero-order valence-electron chi connectivity index (χ0n) is 9.01. The van der Waals surface area contributed by atoms with Crippen molar-refractivity contribution in [2.45, 2.75) is 13.0 Å². The number of carbonyl (C=O) groups is 1. The Bertz CT molecular complexity index is 379. The number of rotatable bonds is 3. The second-order valence-corrected chi connectivity index (χ2v) is 4.57. The molecule has 0 saturated heterocycles. The molecule has 0 spiro atoms. The largest absolute Gasteiger partial charge is 0.338 e. The van der Waals surface area contributed by atoms with Crippen molar-refractivity contribution < 1.29 is 9.18 Å². The third-order valence-corrected chi connectivity index (χ3v) is 3.63. The van der Waals surface area contributed by atoms with Crippen molar-refractivity contribution in [3.05, 3.63) is 34.6 Å². The van der Waals surface area contributed by atoms with Gasteiger partial charge in [0.05, 0.1) is 10.6 Å². The predicted molar refractivity (Wildman–Crippen MR) is 66.8 cm³/mol. The van der Waals surface area contributed by atoms with Crippen molar-refractivity contribution in [2.75, 3.05) is 12.4 Å². The van der Waals surface area contributed by atoms with Gasteiger partial charge in [0.15, 0.2) is 0 Å². The normalized spacial score (nSPS) is 12.3. The fraction of sp³-hybridized carbons (Fsp3) is 0.364. The summed E-state index contributed by atoms with van der Waals surface area (Å²) in [5.74, 6) is -0.999. The van der Waals surface area contributed by atoms with Gasteiger partial charge < -0.3 is 4.90 Å². The van der Waals surface area contributed by atoms with Gasteiger partial charge in [-0.05, 0) is 19.1 Å². The van der Waals surface area contributed by atoms with Crippen LogP contribution in [0.2, 0.25) is 5.02 Å². The Balaban J connectivity index is 3.05. The van der Waals surface area contributed by atoms with Crippen LogP contribution in [0.15, 0.2) is 18.2 Å². The van der Waals surface area contributed by atoms with Gasteiger partial charge >= 0.3 is 0 Å². The van der Waals surface area contributed by atoms with Crippen LogP contribution in [0, 0.1) is 5.82 Å². The van der Waals surface area contributed by atoms with Crippen molar-refractivity contribution in [1.82, 2.24) is 4.90 Å². The zero-order valence-corrected chi connectivity index (χ0v) is 11.3. The Morgan fingerprint density at radius 2 is 2.25 bits per heavy atom. The van der Waals surface area contributed by atoms with Crippen molar-refractivity contribution in [3.8, 4) is 0 Å². The van der Waals surface area contributed by atoms with Gasteiger partial charge in [0.2, 0.25) is 0 Å². The number of carbonyl (C=O) groups excluding carboxylic acids is 1. The van der Waals surface area contributed by atoms with E-state index in [9.17, 15) is 9.18 Å².